The van der Waals surface area contributed by atoms with Crippen molar-refractivity contribution in [2.75, 3.05) is 13.1 Å². The fourth-order valence-corrected chi connectivity index (χ4v) is 5.70. The molecule has 4 rings (SSSR count). The number of hydrogen-bond acceptors (Lipinski definition) is 3. The highest BCUT2D eigenvalue weighted by atomic mass is 32.2. The molecule has 0 saturated carbocycles. The summed E-state index contributed by atoms with van der Waals surface area (Å²) in [5, 5.41) is 7.14. The van der Waals surface area contributed by atoms with E-state index in [1.54, 1.807) is 24.3 Å². The van der Waals surface area contributed by atoms with Crippen LogP contribution < -0.4 is 0 Å². The maximum Gasteiger partial charge on any atom is 0.416 e. The maximum atomic E-state index is 13.1. The first-order chi connectivity index (χ1) is 15.9. The van der Waals surface area contributed by atoms with Crippen LogP contribution in [-0.4, -0.2) is 36.0 Å². The molecule has 0 atom stereocenters. The smallest absolute Gasteiger partial charge is 0.282 e. The fourth-order valence-electron chi connectivity index (χ4n) is 4.23. The lowest BCUT2D eigenvalue weighted by Crippen LogP contribution is -2.38. The van der Waals surface area contributed by atoms with Crippen molar-refractivity contribution in [1.82, 2.24) is 14.5 Å². The Morgan fingerprint density at radius 3 is 2.18 bits per heavy atom. The minimum absolute atomic E-state index is 0.0572. The zero-order valence-corrected chi connectivity index (χ0v) is 20.2. The first-order valence-electron chi connectivity index (χ1n) is 11.2. The Hall–Kier alpha value is -2.65. The minimum atomic E-state index is -4.42. The van der Waals surface area contributed by atoms with Gasteiger partial charge in [-0.05, 0) is 54.2 Å². The van der Waals surface area contributed by atoms with Gasteiger partial charge in [0.15, 0.2) is 0 Å². The average Bonchev–Trinajstić information content (AvgIpc) is 3.29. The molecule has 3 aromatic rings. The van der Waals surface area contributed by atoms with Crippen LogP contribution in [0.5, 0.6) is 0 Å². The molecule has 0 radical (unpaired) electrons. The molecule has 1 saturated heterocycles. The molecule has 9 heteroatoms. The standard InChI is InChI=1S/C25H28F3N3O2S/c1-24(2,3)19-7-9-21(10-8-19)34(32,33)31-13-11-17(12-14-31)22-16-23(30-29-22)18-5-4-6-20(15-18)25(26,27)28/h4-10,15-17H,11-14H2,1-3H3,(H,29,30). The minimum Gasteiger partial charge on any atom is -0.282 e. The van der Waals surface area contributed by atoms with E-state index in [-0.39, 0.29) is 16.2 Å². The summed E-state index contributed by atoms with van der Waals surface area (Å²) in [4.78, 5) is 0.285. The number of alkyl halides is 3. The molecule has 5 nitrogen and oxygen atoms in total. The number of aromatic amines is 1. The third-order valence-electron chi connectivity index (χ3n) is 6.34. The van der Waals surface area contributed by atoms with Crippen molar-refractivity contribution in [1.29, 1.82) is 0 Å². The van der Waals surface area contributed by atoms with Crippen LogP contribution in [-0.2, 0) is 21.6 Å². The van der Waals surface area contributed by atoms with Crippen molar-refractivity contribution in [3.63, 3.8) is 0 Å². The van der Waals surface area contributed by atoms with Crippen LogP contribution in [0.25, 0.3) is 11.3 Å². The Bertz CT molecular complexity index is 1250. The Kier molecular flexibility index (Phi) is 6.37. The number of sulfonamides is 1. The molecule has 2 heterocycles. The summed E-state index contributed by atoms with van der Waals surface area (Å²) >= 11 is 0. The van der Waals surface area contributed by atoms with Gasteiger partial charge in [0.1, 0.15) is 0 Å². The average molecular weight is 492 g/mol. The Balaban J connectivity index is 1.44. The second kappa shape index (κ2) is 8.85. The summed E-state index contributed by atoms with van der Waals surface area (Å²) in [5.41, 5.74) is 1.92. The van der Waals surface area contributed by atoms with Crippen LogP contribution in [0.15, 0.2) is 59.5 Å². The van der Waals surface area contributed by atoms with Crippen LogP contribution >= 0.6 is 0 Å². The van der Waals surface area contributed by atoms with Gasteiger partial charge in [-0.15, -0.1) is 0 Å². The number of piperidine rings is 1. The van der Waals surface area contributed by atoms with Crippen molar-refractivity contribution in [3.8, 4) is 11.3 Å². The number of aromatic nitrogens is 2. The lowest BCUT2D eigenvalue weighted by Gasteiger charge is -2.30. The number of hydrogen-bond donors (Lipinski definition) is 1. The van der Waals surface area contributed by atoms with Gasteiger partial charge in [0.25, 0.3) is 0 Å². The number of halogens is 3. The van der Waals surface area contributed by atoms with Crippen LogP contribution in [0.3, 0.4) is 0 Å². The highest BCUT2D eigenvalue weighted by Crippen LogP contribution is 2.34. The summed E-state index contributed by atoms with van der Waals surface area (Å²) in [5.74, 6) is 0.0572. The Morgan fingerprint density at radius 2 is 1.59 bits per heavy atom. The van der Waals surface area contributed by atoms with E-state index in [9.17, 15) is 21.6 Å². The van der Waals surface area contributed by atoms with E-state index in [2.05, 4.69) is 31.0 Å². The molecular formula is C25H28F3N3O2S. The SMILES string of the molecule is CC(C)(C)c1ccc(S(=O)(=O)N2CCC(c3cc(-c4cccc(C(F)(F)F)c4)n[nH]3)CC2)cc1. The van der Waals surface area contributed by atoms with Gasteiger partial charge in [-0.2, -0.15) is 22.6 Å². The maximum absolute atomic E-state index is 13.1. The van der Waals surface area contributed by atoms with Crippen LogP contribution in [0, 0.1) is 0 Å². The Labute approximate surface area is 198 Å². The number of nitrogens with one attached hydrogen (secondary N) is 1. The van der Waals surface area contributed by atoms with Crippen LogP contribution in [0.1, 0.15) is 56.4 Å². The Morgan fingerprint density at radius 1 is 0.941 bits per heavy atom. The van der Waals surface area contributed by atoms with E-state index < -0.39 is 21.8 Å². The third-order valence-corrected chi connectivity index (χ3v) is 8.25. The van der Waals surface area contributed by atoms with E-state index in [4.69, 9.17) is 0 Å². The van der Waals surface area contributed by atoms with Gasteiger partial charge in [0, 0.05) is 30.3 Å². The van der Waals surface area contributed by atoms with Crippen LogP contribution in [0.4, 0.5) is 13.2 Å². The molecule has 1 aliphatic heterocycles. The zero-order chi connectivity index (χ0) is 24.7. The van der Waals surface area contributed by atoms with Crippen molar-refractivity contribution >= 4 is 10.0 Å². The summed E-state index contributed by atoms with van der Waals surface area (Å²) in [6, 6.07) is 13.9. The van der Waals surface area contributed by atoms with E-state index in [0.717, 1.165) is 23.4 Å². The van der Waals surface area contributed by atoms with Gasteiger partial charge < -0.3 is 0 Å². The van der Waals surface area contributed by atoms with Gasteiger partial charge in [0.2, 0.25) is 10.0 Å². The number of benzene rings is 2. The van der Waals surface area contributed by atoms with Gasteiger partial charge in [0.05, 0.1) is 16.2 Å². The lowest BCUT2D eigenvalue weighted by atomic mass is 9.87. The lowest BCUT2D eigenvalue weighted by molar-refractivity contribution is -0.137. The first kappa shape index (κ1) is 24.5. The second-order valence-corrected chi connectivity index (χ2v) is 11.7. The summed E-state index contributed by atoms with van der Waals surface area (Å²) in [7, 11) is -3.59. The third kappa shape index (κ3) is 5.05. The summed E-state index contributed by atoms with van der Waals surface area (Å²) in [6.07, 6.45) is -3.21. The molecule has 1 fully saturated rings. The van der Waals surface area contributed by atoms with Crippen molar-refractivity contribution in [2.45, 2.75) is 56.0 Å². The number of nitrogens with zero attached hydrogens (tertiary/aromatic N) is 2. The molecule has 0 unspecified atom stereocenters. The van der Waals surface area contributed by atoms with Crippen molar-refractivity contribution in [2.24, 2.45) is 0 Å². The van der Waals surface area contributed by atoms with Crippen LogP contribution in [0.2, 0.25) is 0 Å². The topological polar surface area (TPSA) is 66.1 Å². The predicted molar refractivity (Wildman–Crippen MR) is 125 cm³/mol. The van der Waals surface area contributed by atoms with E-state index in [1.165, 1.54) is 10.4 Å². The predicted octanol–water partition coefficient (Wildman–Crippen LogP) is 5.96. The normalized spacial score (nSPS) is 16.6. The van der Waals surface area contributed by atoms with E-state index >= 15 is 0 Å². The second-order valence-electron chi connectivity index (χ2n) is 9.74. The molecule has 0 aliphatic carbocycles. The molecule has 34 heavy (non-hydrogen) atoms. The molecule has 0 spiro atoms. The van der Waals surface area contributed by atoms with E-state index in [0.29, 0.717) is 37.2 Å². The largest absolute Gasteiger partial charge is 0.416 e. The number of rotatable bonds is 4. The summed E-state index contributed by atoms with van der Waals surface area (Å²) in [6.45, 7) is 6.97. The van der Waals surface area contributed by atoms with Crippen molar-refractivity contribution in [3.05, 3.63) is 71.4 Å². The molecule has 0 amide bonds. The van der Waals surface area contributed by atoms with Gasteiger partial charge in [-0.1, -0.05) is 45.0 Å². The molecular weight excluding hydrogens is 463 g/mol. The monoisotopic (exact) mass is 491 g/mol. The van der Waals surface area contributed by atoms with E-state index in [1.807, 2.05) is 12.1 Å². The van der Waals surface area contributed by atoms with Gasteiger partial charge in [-0.25, -0.2) is 8.42 Å². The van der Waals surface area contributed by atoms with Gasteiger partial charge in [-0.3, -0.25) is 5.10 Å². The van der Waals surface area contributed by atoms with Gasteiger partial charge >= 0.3 is 6.18 Å². The quantitative estimate of drug-likeness (QED) is 0.490. The fraction of sp³-hybridized carbons (Fsp3) is 0.400. The summed E-state index contributed by atoms with van der Waals surface area (Å²) < 4.78 is 66.8. The molecule has 182 valence electrons. The molecule has 1 aromatic heterocycles. The highest BCUT2D eigenvalue weighted by Gasteiger charge is 2.32. The first-order valence-corrected chi connectivity index (χ1v) is 12.6. The van der Waals surface area contributed by atoms with Crippen molar-refractivity contribution < 1.29 is 21.6 Å². The molecule has 0 bridgehead atoms. The number of H-pyrrole nitrogens is 1. The zero-order valence-electron chi connectivity index (χ0n) is 19.4. The molecule has 1 aliphatic rings. The highest BCUT2D eigenvalue weighted by molar-refractivity contribution is 7.89. The molecule has 2 aromatic carbocycles. The molecule has 1 N–H and O–H groups in total.